The van der Waals surface area contributed by atoms with E-state index in [4.69, 9.17) is 0 Å². The van der Waals surface area contributed by atoms with E-state index >= 15 is 0 Å². The fraction of sp³-hybridized carbons (Fsp3) is 0.750. The van der Waals surface area contributed by atoms with E-state index in [0.29, 0.717) is 13.0 Å². The third kappa shape index (κ3) is 5.41. The molecule has 1 rings (SSSR count). The summed E-state index contributed by atoms with van der Waals surface area (Å²) in [5.74, 6) is 0. The number of hydrogen-bond acceptors (Lipinski definition) is 3. The molecule has 1 N–H and O–H groups in total. The van der Waals surface area contributed by atoms with Gasteiger partial charge in [-0.25, -0.2) is 0 Å². The Labute approximate surface area is 124 Å². The van der Waals surface area contributed by atoms with Crippen molar-refractivity contribution in [3.8, 4) is 0 Å². The van der Waals surface area contributed by atoms with Crippen molar-refractivity contribution < 1.29 is 23.0 Å². The minimum Gasteiger partial charge on any atom is -0.393 e. The maximum Gasteiger partial charge on any atom is 0.411 e. The van der Waals surface area contributed by atoms with E-state index in [9.17, 15) is 18.3 Å². The van der Waals surface area contributed by atoms with Crippen LogP contribution >= 0.6 is 15.9 Å². The van der Waals surface area contributed by atoms with E-state index in [1.54, 1.807) is 4.68 Å². The van der Waals surface area contributed by atoms with E-state index in [-0.39, 0.29) is 13.0 Å². The predicted octanol–water partition coefficient (Wildman–Crippen LogP) is 2.85. The molecule has 116 valence electrons. The molecular weight excluding hydrogens is 341 g/mol. The number of rotatable bonds is 7. The first-order valence-electron chi connectivity index (χ1n) is 6.29. The van der Waals surface area contributed by atoms with Gasteiger partial charge in [-0.1, -0.05) is 0 Å². The smallest absolute Gasteiger partial charge is 0.393 e. The first-order valence-corrected chi connectivity index (χ1v) is 7.08. The van der Waals surface area contributed by atoms with E-state index in [0.717, 1.165) is 15.9 Å². The lowest BCUT2D eigenvalue weighted by molar-refractivity contribution is -0.175. The number of hydrogen-bond donors (Lipinski definition) is 1. The fourth-order valence-corrected chi connectivity index (χ4v) is 2.24. The number of halogens is 4. The summed E-state index contributed by atoms with van der Waals surface area (Å²) in [5, 5.41) is 14.2. The Morgan fingerprint density at radius 3 is 2.65 bits per heavy atom. The van der Waals surface area contributed by atoms with Crippen molar-refractivity contribution >= 4 is 15.9 Å². The standard InChI is InChI=1S/C12H18BrF3N2O2/c1-3-18-10(11(13)8(2)17-18)6-9(19)4-5-20-7-12(14,15)16/h9,19H,3-7H2,1-2H3. The largest absolute Gasteiger partial charge is 0.411 e. The van der Waals surface area contributed by atoms with Crippen molar-refractivity contribution in [2.24, 2.45) is 0 Å². The van der Waals surface area contributed by atoms with Crippen LogP contribution in [0.2, 0.25) is 0 Å². The molecule has 0 bridgehead atoms. The molecule has 0 radical (unpaired) electrons. The van der Waals surface area contributed by atoms with E-state index in [1.165, 1.54) is 0 Å². The summed E-state index contributed by atoms with van der Waals surface area (Å²) in [6, 6.07) is 0. The Bertz CT molecular complexity index is 435. The Morgan fingerprint density at radius 2 is 2.10 bits per heavy atom. The number of aromatic nitrogens is 2. The fourth-order valence-electron chi connectivity index (χ4n) is 1.80. The molecule has 20 heavy (non-hydrogen) atoms. The van der Waals surface area contributed by atoms with Crippen molar-refractivity contribution in [2.45, 2.75) is 45.5 Å². The van der Waals surface area contributed by atoms with Crippen molar-refractivity contribution in [2.75, 3.05) is 13.2 Å². The highest BCUT2D eigenvalue weighted by atomic mass is 79.9. The highest BCUT2D eigenvalue weighted by molar-refractivity contribution is 9.10. The Hall–Kier alpha value is -0.600. The van der Waals surface area contributed by atoms with Crippen molar-refractivity contribution in [3.63, 3.8) is 0 Å². The lowest BCUT2D eigenvalue weighted by Crippen LogP contribution is -2.21. The lowest BCUT2D eigenvalue weighted by Gasteiger charge is -2.13. The molecule has 0 amide bonds. The molecule has 8 heteroatoms. The van der Waals surface area contributed by atoms with Crippen LogP contribution < -0.4 is 0 Å². The third-order valence-corrected chi connectivity index (χ3v) is 3.77. The quantitative estimate of drug-likeness (QED) is 0.762. The van der Waals surface area contributed by atoms with Crippen LogP contribution in [0.5, 0.6) is 0 Å². The summed E-state index contributed by atoms with van der Waals surface area (Å²) < 4.78 is 42.7. The van der Waals surface area contributed by atoms with E-state index < -0.39 is 18.9 Å². The maximum absolute atomic E-state index is 11.9. The molecule has 0 spiro atoms. The SMILES string of the molecule is CCn1nc(C)c(Br)c1CC(O)CCOCC(F)(F)F. The van der Waals surface area contributed by atoms with Crippen molar-refractivity contribution in [3.05, 3.63) is 15.9 Å². The number of nitrogens with zero attached hydrogens (tertiary/aromatic N) is 2. The van der Waals surface area contributed by atoms with Gasteiger partial charge < -0.3 is 9.84 Å². The second-order valence-corrected chi connectivity index (χ2v) is 5.27. The molecule has 1 unspecified atom stereocenters. The average molecular weight is 359 g/mol. The summed E-state index contributed by atoms with van der Waals surface area (Å²) in [5.41, 5.74) is 1.66. The molecule has 1 aromatic heterocycles. The molecule has 0 aromatic carbocycles. The van der Waals surface area contributed by atoms with Crippen LogP contribution in [0.4, 0.5) is 13.2 Å². The number of alkyl halides is 3. The highest BCUT2D eigenvalue weighted by Gasteiger charge is 2.27. The van der Waals surface area contributed by atoms with Gasteiger partial charge in [-0.15, -0.1) is 0 Å². The predicted molar refractivity (Wildman–Crippen MR) is 71.5 cm³/mol. The lowest BCUT2D eigenvalue weighted by atomic mass is 10.1. The first-order chi connectivity index (χ1) is 9.24. The Kier molecular flexibility index (Phi) is 6.47. The molecule has 1 atom stereocenters. The molecule has 1 heterocycles. The maximum atomic E-state index is 11.9. The Balaban J connectivity index is 2.45. The van der Waals surface area contributed by atoms with Crippen molar-refractivity contribution in [1.82, 2.24) is 9.78 Å². The molecule has 0 aliphatic heterocycles. The second kappa shape index (κ2) is 7.42. The summed E-state index contributed by atoms with van der Waals surface area (Å²) in [7, 11) is 0. The zero-order valence-electron chi connectivity index (χ0n) is 11.4. The number of aliphatic hydroxyl groups excluding tert-OH is 1. The highest BCUT2D eigenvalue weighted by Crippen LogP contribution is 2.23. The second-order valence-electron chi connectivity index (χ2n) is 4.48. The molecule has 0 saturated heterocycles. The normalized spacial score (nSPS) is 13.8. The minimum absolute atomic E-state index is 0.127. The van der Waals surface area contributed by atoms with E-state index in [1.807, 2.05) is 13.8 Å². The zero-order valence-corrected chi connectivity index (χ0v) is 13.0. The van der Waals surface area contributed by atoms with Crippen molar-refractivity contribution in [1.29, 1.82) is 0 Å². The molecule has 0 fully saturated rings. The topological polar surface area (TPSA) is 47.3 Å². The van der Waals surface area contributed by atoms with Gasteiger partial charge in [0.05, 0.1) is 22.0 Å². The van der Waals surface area contributed by atoms with Gasteiger partial charge in [0.2, 0.25) is 0 Å². The van der Waals surface area contributed by atoms with Crippen LogP contribution in [-0.2, 0) is 17.7 Å². The molecule has 0 aliphatic rings. The van der Waals surface area contributed by atoms with Gasteiger partial charge in [0, 0.05) is 19.6 Å². The van der Waals surface area contributed by atoms with Gasteiger partial charge >= 0.3 is 6.18 Å². The molecular formula is C12H18BrF3N2O2. The van der Waals surface area contributed by atoms with Crippen LogP contribution in [0.15, 0.2) is 4.47 Å². The Morgan fingerprint density at radius 1 is 1.45 bits per heavy atom. The van der Waals surface area contributed by atoms with Crippen LogP contribution in [0.3, 0.4) is 0 Å². The molecule has 0 aliphatic carbocycles. The van der Waals surface area contributed by atoms with Gasteiger partial charge in [0.15, 0.2) is 0 Å². The summed E-state index contributed by atoms with van der Waals surface area (Å²) in [6.07, 6.45) is -4.62. The van der Waals surface area contributed by atoms with Gasteiger partial charge in [-0.2, -0.15) is 18.3 Å². The minimum atomic E-state index is -4.33. The third-order valence-electron chi connectivity index (χ3n) is 2.74. The van der Waals surface area contributed by atoms with Crippen LogP contribution in [0.1, 0.15) is 24.7 Å². The van der Waals surface area contributed by atoms with E-state index in [2.05, 4.69) is 25.8 Å². The first kappa shape index (κ1) is 17.5. The zero-order chi connectivity index (χ0) is 15.3. The monoisotopic (exact) mass is 358 g/mol. The molecule has 1 aromatic rings. The van der Waals surface area contributed by atoms with Crippen LogP contribution in [0, 0.1) is 6.92 Å². The van der Waals surface area contributed by atoms with Gasteiger partial charge in [0.25, 0.3) is 0 Å². The summed E-state index contributed by atoms with van der Waals surface area (Å²) in [4.78, 5) is 0. The molecule has 4 nitrogen and oxygen atoms in total. The van der Waals surface area contributed by atoms with Gasteiger partial charge in [-0.05, 0) is 36.2 Å². The average Bonchev–Trinajstić information content (AvgIpc) is 2.61. The number of aryl methyl sites for hydroxylation is 2. The van der Waals surface area contributed by atoms with Crippen LogP contribution in [-0.4, -0.2) is 40.4 Å². The van der Waals surface area contributed by atoms with Gasteiger partial charge in [0.1, 0.15) is 6.61 Å². The number of aliphatic hydroxyl groups is 1. The summed E-state index contributed by atoms with van der Waals surface area (Å²) >= 11 is 3.40. The summed E-state index contributed by atoms with van der Waals surface area (Å²) in [6.45, 7) is 3.03. The van der Waals surface area contributed by atoms with Gasteiger partial charge in [-0.3, -0.25) is 4.68 Å². The number of ether oxygens (including phenoxy) is 1. The molecule has 0 saturated carbocycles. The van der Waals surface area contributed by atoms with Crippen LogP contribution in [0.25, 0.3) is 0 Å².